The topological polar surface area (TPSA) is 281 Å². The molecule has 16 atom stereocenters. The minimum atomic E-state index is -2.46. The van der Waals surface area contributed by atoms with Crippen LogP contribution in [0.2, 0.25) is 0 Å². The number of hydrogen-bond acceptors (Lipinski definition) is 21. The smallest absolute Gasteiger partial charge is 0.407 e. The molecule has 0 aromatic heterocycles. The van der Waals surface area contributed by atoms with Crippen LogP contribution in [0.3, 0.4) is 0 Å². The number of Topliss-reactive ketones (excluding diaryl/α,β-unsaturated/α-hetero) is 2. The summed E-state index contributed by atoms with van der Waals surface area (Å²) in [5.74, 6) is -7.79. The Morgan fingerprint density at radius 2 is 1.32 bits per heavy atom. The van der Waals surface area contributed by atoms with E-state index >= 15 is 0 Å². The van der Waals surface area contributed by atoms with E-state index in [-0.39, 0.29) is 56.1 Å². The zero-order chi connectivity index (χ0) is 66.7. The molecule has 0 aromatic rings. The number of fused-ring (bicyclic) bond motifs is 3. The van der Waals surface area contributed by atoms with Gasteiger partial charge < -0.3 is 87.1 Å². The minimum absolute atomic E-state index is 0.00298. The molecule has 3 heterocycles. The Bertz CT molecular complexity index is 2250. The van der Waals surface area contributed by atoms with Gasteiger partial charge in [0.05, 0.1) is 110 Å². The van der Waals surface area contributed by atoms with E-state index in [1.54, 1.807) is 41.1 Å². The Kier molecular flexibility index (Phi) is 38.2. The number of esters is 1. The van der Waals surface area contributed by atoms with Gasteiger partial charge in [-0.2, -0.15) is 0 Å². The molecule has 2 saturated heterocycles. The van der Waals surface area contributed by atoms with E-state index in [1.165, 1.54) is 12.0 Å². The standard InChI is InChI=1S/C68H114N2O21/c1-12-82-28-29-84-32-33-86-36-37-88-39-38-87-35-34-85-31-30-83-27-25-69-67(77)90-57-24-22-53(43-60(57)80-10)42-49(5)59-45-56(71)48(4)41-51(7)62(73)63(81-11)61(72)50(6)40-46(2)18-14-13-15-19-47(3)58(79-9)44-54-23-21-52(8)68(78,91-54)64(74)65(75)70-26-17-16-20-55(70)66(76)89-59/h13-15,18-19,41,46,48-50,52-60,62-63,71,73,78H,12,16-17,20-40,42-45H2,1-11H3,(H,69,77)/b15-13+,18-14+,47-19+,51-41+/t46?,48?,49-,50?,52-,53+,54+,55?,56-,57-,58+,59?,60-,62-,63+,68-/m1/s1. The van der Waals surface area contributed by atoms with Gasteiger partial charge in [0.15, 0.2) is 5.78 Å². The second-order valence-electron chi connectivity index (χ2n) is 25.0. The number of nitrogens with zero attached hydrogens (tertiary/aromatic N) is 1. The van der Waals surface area contributed by atoms with Gasteiger partial charge in [-0.05, 0) is 114 Å². The largest absolute Gasteiger partial charge is 0.460 e. The van der Waals surface area contributed by atoms with Crippen LogP contribution in [-0.4, -0.2) is 237 Å². The molecule has 3 aliphatic heterocycles. The summed E-state index contributed by atoms with van der Waals surface area (Å²) in [5, 5.41) is 38.5. The molecule has 23 nitrogen and oxygen atoms in total. The monoisotopic (exact) mass is 1290 g/mol. The van der Waals surface area contributed by atoms with Crippen LogP contribution >= 0.6 is 0 Å². The number of allylic oxidation sites excluding steroid dienone is 5. The van der Waals surface area contributed by atoms with Gasteiger partial charge >= 0.3 is 12.1 Å². The van der Waals surface area contributed by atoms with Crippen LogP contribution in [0.15, 0.2) is 47.6 Å². The fourth-order valence-corrected chi connectivity index (χ4v) is 12.2. The number of amides is 2. The van der Waals surface area contributed by atoms with E-state index in [2.05, 4.69) is 5.32 Å². The Morgan fingerprint density at radius 3 is 1.91 bits per heavy atom. The molecule has 0 radical (unpaired) electrons. The lowest BCUT2D eigenvalue weighted by atomic mass is 9.78. The quantitative estimate of drug-likeness (QED) is 0.0258. The maximum atomic E-state index is 14.7. The number of carbonyl (C=O) groups excluding carboxylic acids is 5. The maximum Gasteiger partial charge on any atom is 0.407 e. The number of methoxy groups -OCH3 is 3. The Labute approximate surface area is 541 Å². The first kappa shape index (κ1) is 79.4. The van der Waals surface area contributed by atoms with E-state index in [1.807, 2.05) is 65.0 Å². The summed E-state index contributed by atoms with van der Waals surface area (Å²) >= 11 is 0. The van der Waals surface area contributed by atoms with Gasteiger partial charge in [0.2, 0.25) is 5.79 Å². The third kappa shape index (κ3) is 27.7. The summed E-state index contributed by atoms with van der Waals surface area (Å²) < 4.78 is 74.3. The molecule has 4 rings (SSSR count). The molecule has 23 heteroatoms. The molecule has 5 unspecified atom stereocenters. The van der Waals surface area contributed by atoms with Gasteiger partial charge in [-0.25, -0.2) is 9.59 Å². The van der Waals surface area contributed by atoms with E-state index < -0.39 is 102 Å². The molecule has 91 heavy (non-hydrogen) atoms. The number of rotatable bonds is 29. The maximum absolute atomic E-state index is 14.7. The predicted octanol–water partition coefficient (Wildman–Crippen LogP) is 6.84. The molecule has 522 valence electrons. The summed E-state index contributed by atoms with van der Waals surface area (Å²) in [6.07, 6.45) is 9.24. The number of ether oxygens (including phenoxy) is 13. The van der Waals surface area contributed by atoms with Crippen molar-refractivity contribution in [3.63, 3.8) is 0 Å². The molecule has 1 aliphatic carbocycles. The van der Waals surface area contributed by atoms with Crippen molar-refractivity contribution in [3.05, 3.63) is 47.6 Å². The number of hydrogen-bond donors (Lipinski definition) is 4. The number of alkyl carbamates (subject to hydrolysis) is 1. The summed E-state index contributed by atoms with van der Waals surface area (Å²) in [4.78, 5) is 71.7. The highest BCUT2D eigenvalue weighted by Crippen LogP contribution is 2.38. The Morgan fingerprint density at radius 1 is 0.703 bits per heavy atom. The first-order valence-corrected chi connectivity index (χ1v) is 33.3. The zero-order valence-corrected chi connectivity index (χ0v) is 56.6. The van der Waals surface area contributed by atoms with Crippen LogP contribution in [0, 0.1) is 35.5 Å². The van der Waals surface area contributed by atoms with Crippen molar-refractivity contribution >= 4 is 29.5 Å². The van der Waals surface area contributed by atoms with E-state index in [4.69, 9.17) is 61.6 Å². The number of ketones is 2. The van der Waals surface area contributed by atoms with E-state index in [0.29, 0.717) is 156 Å². The van der Waals surface area contributed by atoms with Crippen molar-refractivity contribution in [2.75, 3.05) is 127 Å². The Balaban J connectivity index is 1.38. The lowest BCUT2D eigenvalue weighted by molar-refractivity contribution is -0.265. The van der Waals surface area contributed by atoms with Gasteiger partial charge in [-0.1, -0.05) is 71.1 Å². The summed E-state index contributed by atoms with van der Waals surface area (Å²) in [5.41, 5.74) is 1.29. The third-order valence-corrected chi connectivity index (χ3v) is 17.8. The van der Waals surface area contributed by atoms with Crippen LogP contribution in [0.25, 0.3) is 0 Å². The van der Waals surface area contributed by atoms with Gasteiger partial charge in [0, 0.05) is 71.6 Å². The molecule has 0 aromatic carbocycles. The summed E-state index contributed by atoms with van der Waals surface area (Å²) in [6.45, 7) is 21.4. The normalized spacial score (nSPS) is 33.0. The average Bonchev–Trinajstić information content (AvgIpc) is 1.05. The van der Waals surface area contributed by atoms with E-state index in [0.717, 1.165) is 5.57 Å². The highest BCUT2D eigenvalue weighted by molar-refractivity contribution is 6.39. The van der Waals surface area contributed by atoms with Crippen LogP contribution in [0.1, 0.15) is 132 Å². The molecular weight excluding hydrogens is 1180 g/mol. The van der Waals surface area contributed by atoms with Crippen LogP contribution in [-0.2, 0) is 80.8 Å². The second-order valence-corrected chi connectivity index (χ2v) is 25.0. The second kappa shape index (κ2) is 43.8. The van der Waals surface area contributed by atoms with Crippen molar-refractivity contribution in [1.29, 1.82) is 0 Å². The molecule has 1 saturated carbocycles. The first-order chi connectivity index (χ1) is 43.7. The number of carbonyl (C=O) groups is 5. The highest BCUT2D eigenvalue weighted by Gasteiger charge is 2.53. The van der Waals surface area contributed by atoms with Crippen molar-refractivity contribution < 1.29 is 101 Å². The summed E-state index contributed by atoms with van der Waals surface area (Å²) in [6, 6.07) is -1.17. The lowest BCUT2D eigenvalue weighted by Crippen LogP contribution is -2.61. The summed E-state index contributed by atoms with van der Waals surface area (Å²) in [7, 11) is 4.53. The fraction of sp³-hybridized carbons (Fsp3) is 0.809. The van der Waals surface area contributed by atoms with Crippen molar-refractivity contribution in [2.24, 2.45) is 35.5 Å². The van der Waals surface area contributed by atoms with E-state index in [9.17, 15) is 39.3 Å². The molecule has 3 fully saturated rings. The first-order valence-electron chi connectivity index (χ1n) is 33.3. The Hall–Kier alpha value is -4.05. The number of aliphatic hydroxyl groups excluding tert-OH is 2. The van der Waals surface area contributed by atoms with Crippen molar-refractivity contribution in [3.8, 4) is 0 Å². The van der Waals surface area contributed by atoms with Crippen LogP contribution in [0.4, 0.5) is 4.79 Å². The fourth-order valence-electron chi connectivity index (χ4n) is 12.2. The average molecular weight is 1300 g/mol. The molecule has 4 aliphatic rings. The molecule has 2 bridgehead atoms. The number of piperidine rings is 1. The van der Waals surface area contributed by atoms with Gasteiger partial charge in [0.1, 0.15) is 30.5 Å². The minimum Gasteiger partial charge on any atom is -0.460 e. The molecular formula is C68H114N2O21. The van der Waals surface area contributed by atoms with Crippen molar-refractivity contribution in [2.45, 2.75) is 193 Å². The van der Waals surface area contributed by atoms with Gasteiger partial charge in [-0.3, -0.25) is 14.4 Å². The lowest BCUT2D eigenvalue weighted by Gasteiger charge is -2.43. The van der Waals surface area contributed by atoms with Gasteiger partial charge in [-0.15, -0.1) is 0 Å². The van der Waals surface area contributed by atoms with Crippen molar-refractivity contribution in [1.82, 2.24) is 10.2 Å². The number of aliphatic hydroxyl groups is 3. The zero-order valence-electron chi connectivity index (χ0n) is 56.6. The number of nitrogens with one attached hydrogen (secondary N) is 1. The van der Waals surface area contributed by atoms with Crippen LogP contribution < -0.4 is 5.32 Å². The molecule has 2 amide bonds. The predicted molar refractivity (Wildman–Crippen MR) is 340 cm³/mol. The van der Waals surface area contributed by atoms with Crippen LogP contribution in [0.5, 0.6) is 0 Å². The highest BCUT2D eigenvalue weighted by atomic mass is 16.6. The van der Waals surface area contributed by atoms with Gasteiger partial charge in [0.25, 0.3) is 11.7 Å². The molecule has 0 spiro atoms. The molecule has 4 N–H and O–H groups in total. The SMILES string of the molecule is CCOCCOCCOCCOCCOCCOCCOCCNC(=O)O[C@@H]1CC[C@@H](C[C@@H](C)C2C[C@@H](O)C(C)/C=C(\C)[C@@H](O)[C@@H](OC)C(=O)C(C)CC(C)/C=C/C=C/C=C(\C)[C@@H](OC)C[C@@H]3CC[C@@H](C)[C@@](O)(O3)C(=O)C(=O)N3CCCCC3C(=O)O2)C[C@H]1OC. The third-order valence-electron chi connectivity index (χ3n) is 17.8. The number of cyclic esters (lactones) is 1.